The van der Waals surface area contributed by atoms with E-state index in [2.05, 4.69) is 10.3 Å². The molecule has 3 heterocycles. The molecule has 3 aromatic carbocycles. The first-order valence-corrected chi connectivity index (χ1v) is 15.7. The maximum atomic E-state index is 13.6. The Labute approximate surface area is 253 Å². The first-order valence-electron chi connectivity index (χ1n) is 13.0. The van der Waals surface area contributed by atoms with Crippen LogP contribution >= 0.6 is 34.9 Å². The first kappa shape index (κ1) is 28.3. The summed E-state index contributed by atoms with van der Waals surface area (Å²) in [5.74, 6) is 0.0540. The van der Waals surface area contributed by atoms with E-state index in [0.29, 0.717) is 26.5 Å². The third-order valence-electron chi connectivity index (χ3n) is 6.75. The van der Waals surface area contributed by atoms with E-state index in [9.17, 15) is 19.5 Å². The van der Waals surface area contributed by atoms with Crippen LogP contribution in [0.15, 0.2) is 87.7 Å². The molecule has 1 aromatic heterocycles. The Kier molecular flexibility index (Phi) is 8.20. The molecule has 0 radical (unpaired) electrons. The van der Waals surface area contributed by atoms with Crippen molar-refractivity contribution in [2.45, 2.75) is 28.8 Å². The Bertz CT molecular complexity index is 1690. The van der Waals surface area contributed by atoms with Crippen molar-refractivity contribution in [3.05, 3.63) is 94.5 Å². The standard InChI is InChI=1S/C30H25N3O6S3/c1-38-19-8-10-20(11-9-19)39-29(37)26-23(42-30-31-21-13-18(15-34)7-12-22(21)41-30)16-40-28-25(27(36)33(26)28)32-24(35)14-17-5-3-2-4-6-17/h2-13,25,28,34H,14-16H2,1H3,(H,32,35)/t25-,28?/m1/s1. The van der Waals surface area contributed by atoms with E-state index in [1.165, 1.54) is 39.8 Å². The summed E-state index contributed by atoms with van der Waals surface area (Å²) in [5, 5.41) is 11.9. The summed E-state index contributed by atoms with van der Waals surface area (Å²) in [4.78, 5) is 46.6. The summed E-state index contributed by atoms with van der Waals surface area (Å²) in [6.45, 7) is -0.0827. The SMILES string of the molecule is COc1ccc(OC(=O)C2=C(Sc3nc4cc(CO)ccc4s3)CSC3[C@H](NC(=O)Cc4ccccc4)C(=O)N23)cc1. The Morgan fingerprint density at radius 1 is 1.07 bits per heavy atom. The number of hydrogen-bond acceptors (Lipinski definition) is 10. The number of aliphatic hydroxyl groups is 1. The second kappa shape index (κ2) is 12.2. The molecule has 0 spiro atoms. The lowest BCUT2D eigenvalue weighted by Crippen LogP contribution is -2.70. The highest BCUT2D eigenvalue weighted by Crippen LogP contribution is 2.46. The minimum absolute atomic E-state index is 0.0827. The maximum absolute atomic E-state index is 13.6. The second-order valence-electron chi connectivity index (χ2n) is 9.50. The fourth-order valence-corrected chi connectivity index (χ4v) is 8.35. The van der Waals surface area contributed by atoms with Crippen molar-refractivity contribution >= 4 is 62.9 Å². The molecule has 2 N–H and O–H groups in total. The summed E-state index contributed by atoms with van der Waals surface area (Å²) in [6.07, 6.45) is 0.154. The van der Waals surface area contributed by atoms with Gasteiger partial charge in [0.05, 0.1) is 30.4 Å². The van der Waals surface area contributed by atoms with Crippen molar-refractivity contribution in [1.29, 1.82) is 0 Å². The van der Waals surface area contributed by atoms with Crippen LogP contribution in [0, 0.1) is 0 Å². The smallest absolute Gasteiger partial charge is 0.361 e. The number of carbonyl (C=O) groups excluding carboxylic acids is 3. The zero-order valence-electron chi connectivity index (χ0n) is 22.3. The van der Waals surface area contributed by atoms with E-state index in [4.69, 9.17) is 9.47 Å². The average Bonchev–Trinajstić information content (AvgIpc) is 3.42. The van der Waals surface area contributed by atoms with Crippen LogP contribution in [0.1, 0.15) is 11.1 Å². The van der Waals surface area contributed by atoms with Gasteiger partial charge in [-0.1, -0.05) is 48.2 Å². The number of hydrogen-bond donors (Lipinski definition) is 2. The predicted molar refractivity (Wildman–Crippen MR) is 162 cm³/mol. The lowest BCUT2D eigenvalue weighted by atomic mass is 10.0. The number of thioether (sulfide) groups is 2. The molecule has 42 heavy (non-hydrogen) atoms. The average molecular weight is 620 g/mol. The topological polar surface area (TPSA) is 118 Å². The molecule has 2 amide bonds. The number of aromatic nitrogens is 1. The highest BCUT2D eigenvalue weighted by atomic mass is 32.2. The van der Waals surface area contributed by atoms with Crippen LogP contribution in [-0.2, 0) is 27.4 Å². The highest BCUT2D eigenvalue weighted by molar-refractivity contribution is 8.07. The van der Waals surface area contributed by atoms with Crippen LogP contribution in [0.4, 0.5) is 0 Å². The fraction of sp³-hybridized carbons (Fsp3) is 0.200. The largest absolute Gasteiger partial charge is 0.497 e. The molecular formula is C30H25N3O6S3. The van der Waals surface area contributed by atoms with Gasteiger partial charge in [0.2, 0.25) is 5.91 Å². The Morgan fingerprint density at radius 2 is 1.83 bits per heavy atom. The van der Waals surface area contributed by atoms with Crippen molar-refractivity contribution in [1.82, 2.24) is 15.2 Å². The first-order chi connectivity index (χ1) is 20.4. The monoisotopic (exact) mass is 619 g/mol. The molecule has 4 aromatic rings. The molecule has 0 saturated carbocycles. The number of aliphatic hydroxyl groups excluding tert-OH is 1. The molecule has 6 rings (SSSR count). The number of rotatable bonds is 9. The minimum Gasteiger partial charge on any atom is -0.497 e. The summed E-state index contributed by atoms with van der Waals surface area (Å²) < 4.78 is 12.5. The van der Waals surface area contributed by atoms with Crippen molar-refractivity contribution in [3.8, 4) is 11.5 Å². The number of ether oxygens (including phenoxy) is 2. The number of nitrogens with one attached hydrogen (secondary N) is 1. The number of β-lactam (4-membered cyclic amide) rings is 1. The summed E-state index contributed by atoms with van der Waals surface area (Å²) in [5.41, 5.74) is 2.50. The van der Waals surface area contributed by atoms with Crippen LogP contribution in [0.3, 0.4) is 0 Å². The van der Waals surface area contributed by atoms with Crippen LogP contribution in [0.2, 0.25) is 0 Å². The number of carbonyl (C=O) groups is 3. The fourth-order valence-electron chi connectivity index (χ4n) is 4.66. The molecular weight excluding hydrogens is 595 g/mol. The molecule has 2 aliphatic heterocycles. The van der Waals surface area contributed by atoms with Gasteiger partial charge >= 0.3 is 5.97 Å². The van der Waals surface area contributed by atoms with Gasteiger partial charge in [0, 0.05) is 10.7 Å². The molecule has 12 heteroatoms. The summed E-state index contributed by atoms with van der Waals surface area (Å²) in [6, 6.07) is 20.7. The van der Waals surface area contributed by atoms with Crippen LogP contribution in [0.25, 0.3) is 10.2 Å². The lowest BCUT2D eigenvalue weighted by molar-refractivity contribution is -0.149. The summed E-state index contributed by atoms with van der Waals surface area (Å²) in [7, 11) is 1.55. The van der Waals surface area contributed by atoms with Gasteiger partial charge in [0.15, 0.2) is 4.34 Å². The Balaban J connectivity index is 1.26. The number of nitrogens with zero attached hydrogens (tertiary/aromatic N) is 2. The van der Waals surface area contributed by atoms with E-state index in [1.54, 1.807) is 31.4 Å². The zero-order valence-corrected chi connectivity index (χ0v) is 24.8. The number of esters is 1. The van der Waals surface area contributed by atoms with E-state index >= 15 is 0 Å². The van der Waals surface area contributed by atoms with Crippen molar-refractivity contribution in [3.63, 3.8) is 0 Å². The molecule has 9 nitrogen and oxygen atoms in total. The Hall–Kier alpha value is -3.84. The molecule has 1 fully saturated rings. The van der Waals surface area contributed by atoms with E-state index < -0.39 is 17.4 Å². The van der Waals surface area contributed by atoms with Gasteiger partial charge in [-0.15, -0.1) is 23.1 Å². The maximum Gasteiger partial charge on any atom is 0.361 e. The molecule has 1 unspecified atom stereocenters. The van der Waals surface area contributed by atoms with Gasteiger partial charge in [0.25, 0.3) is 5.91 Å². The lowest BCUT2D eigenvalue weighted by Gasteiger charge is -2.49. The van der Waals surface area contributed by atoms with Crippen molar-refractivity contribution in [2.24, 2.45) is 0 Å². The van der Waals surface area contributed by atoms with Crippen molar-refractivity contribution in [2.75, 3.05) is 12.9 Å². The van der Waals surface area contributed by atoms with Crippen molar-refractivity contribution < 1.29 is 29.0 Å². The molecule has 2 atom stereocenters. The minimum atomic E-state index is -0.749. The molecule has 0 aliphatic carbocycles. The van der Waals surface area contributed by atoms with Gasteiger partial charge in [-0.25, -0.2) is 9.78 Å². The number of thiazole rings is 1. The predicted octanol–water partition coefficient (Wildman–Crippen LogP) is 4.35. The second-order valence-corrected chi connectivity index (χ2v) is 13.0. The van der Waals surface area contributed by atoms with Gasteiger partial charge < -0.3 is 19.9 Å². The van der Waals surface area contributed by atoms with E-state index in [-0.39, 0.29) is 30.5 Å². The zero-order chi connectivity index (χ0) is 29.2. The van der Waals surface area contributed by atoms with Gasteiger partial charge in [-0.3, -0.25) is 14.5 Å². The van der Waals surface area contributed by atoms with E-state index in [1.807, 2.05) is 48.5 Å². The molecule has 1 saturated heterocycles. The Morgan fingerprint density at radius 3 is 2.57 bits per heavy atom. The highest BCUT2D eigenvalue weighted by Gasteiger charge is 2.54. The third-order valence-corrected chi connectivity index (χ3v) is 10.4. The quantitative estimate of drug-likeness (QED) is 0.160. The van der Waals surface area contributed by atoms with Gasteiger partial charge in [-0.05, 0) is 47.5 Å². The molecule has 0 bridgehead atoms. The van der Waals surface area contributed by atoms with Crippen LogP contribution in [0.5, 0.6) is 11.5 Å². The number of methoxy groups -OCH3 is 1. The van der Waals surface area contributed by atoms with Gasteiger partial charge in [0.1, 0.15) is 28.6 Å². The number of amides is 2. The number of benzene rings is 3. The van der Waals surface area contributed by atoms with Crippen LogP contribution < -0.4 is 14.8 Å². The normalized spacial score (nSPS) is 18.0. The number of fused-ring (bicyclic) bond motifs is 2. The molecule has 214 valence electrons. The molecule has 2 aliphatic rings. The van der Waals surface area contributed by atoms with Crippen LogP contribution in [-0.4, -0.2) is 57.1 Å². The summed E-state index contributed by atoms with van der Waals surface area (Å²) >= 11 is 4.26. The van der Waals surface area contributed by atoms with E-state index in [0.717, 1.165) is 21.3 Å². The van der Waals surface area contributed by atoms with Gasteiger partial charge in [-0.2, -0.15) is 0 Å². The third kappa shape index (κ3) is 5.75.